The first kappa shape index (κ1) is 7.37. The molecule has 0 amide bonds. The molecule has 0 radical (unpaired) electrons. The smallest absolute Gasteiger partial charge is 0.399 e. The molecule has 0 bridgehead atoms. The Morgan fingerprint density at radius 1 is 1.50 bits per heavy atom. The maximum atomic E-state index is 5.75. The van der Waals surface area contributed by atoms with Crippen LogP contribution in [-0.4, -0.2) is 9.38 Å². The summed E-state index contributed by atoms with van der Waals surface area (Å²) in [5.41, 5.74) is 2.18. The van der Waals surface area contributed by atoms with Gasteiger partial charge in [-0.1, -0.05) is 10.7 Å². The lowest BCUT2D eigenvalue weighted by molar-refractivity contribution is -0.626. The van der Waals surface area contributed by atoms with Gasteiger partial charge in [-0.3, -0.25) is 5.84 Å². The second-order valence-corrected chi connectivity index (χ2v) is 3.16. The molecule has 0 unspecified atom stereocenters. The highest BCUT2D eigenvalue weighted by molar-refractivity contribution is 5.68. The number of imidazole rings is 1. The van der Waals surface area contributed by atoms with Crippen LogP contribution < -0.4 is 10.5 Å². The molecule has 0 saturated heterocycles. The Morgan fingerprint density at radius 3 is 3.21 bits per heavy atom. The lowest BCUT2D eigenvalue weighted by atomic mass is 10.5. The average Bonchev–Trinajstić information content (AvgIpc) is 2.67. The largest absolute Gasteiger partial charge is 0.413 e. The molecule has 2 N–H and O–H groups in total. The molecule has 3 rings (SSSR count). The summed E-state index contributed by atoms with van der Waals surface area (Å²) in [7, 11) is 0. The van der Waals surface area contributed by atoms with Crippen molar-refractivity contribution in [2.45, 2.75) is 6.92 Å². The molecule has 3 heterocycles. The van der Waals surface area contributed by atoms with E-state index >= 15 is 0 Å². The lowest BCUT2D eigenvalue weighted by Gasteiger charge is -1.85. The number of hydrogen-bond acceptors (Lipinski definition) is 3. The highest BCUT2D eigenvalue weighted by Gasteiger charge is 2.22. The molecule has 0 aliphatic rings. The van der Waals surface area contributed by atoms with Crippen molar-refractivity contribution in [2.24, 2.45) is 0 Å². The minimum Gasteiger partial charge on any atom is -0.399 e. The van der Waals surface area contributed by atoms with Crippen molar-refractivity contribution in [2.75, 3.05) is 5.84 Å². The van der Waals surface area contributed by atoms with Gasteiger partial charge in [0, 0.05) is 19.2 Å². The van der Waals surface area contributed by atoms with E-state index in [1.165, 1.54) is 4.68 Å². The summed E-state index contributed by atoms with van der Waals surface area (Å²) < 4.78 is 8.80. The number of hydrogen-bond donors (Lipinski definition) is 1. The van der Waals surface area contributed by atoms with Crippen LogP contribution in [0, 0.1) is 6.92 Å². The summed E-state index contributed by atoms with van der Waals surface area (Å²) in [5, 5.41) is 0. The molecule has 5 heteroatoms. The number of nitrogens with zero attached hydrogens (tertiary/aromatic N) is 3. The minimum absolute atomic E-state index is 0.640. The van der Waals surface area contributed by atoms with Crippen LogP contribution in [0.15, 0.2) is 28.8 Å². The van der Waals surface area contributed by atoms with Gasteiger partial charge in [-0.05, 0) is 11.1 Å². The molecule has 0 aliphatic heterocycles. The van der Waals surface area contributed by atoms with Gasteiger partial charge in [0.15, 0.2) is 0 Å². The van der Waals surface area contributed by atoms with Gasteiger partial charge in [-0.15, -0.1) is 0 Å². The maximum Gasteiger partial charge on any atom is 0.413 e. The number of aryl methyl sites for hydroxylation is 1. The predicted molar refractivity (Wildman–Crippen MR) is 50.0 cm³/mol. The number of rotatable bonds is 0. The van der Waals surface area contributed by atoms with E-state index in [-0.39, 0.29) is 0 Å². The third-order valence-corrected chi connectivity index (χ3v) is 2.28. The topological polar surface area (TPSA) is 60.3 Å². The summed E-state index contributed by atoms with van der Waals surface area (Å²) in [6.45, 7) is 1.80. The van der Waals surface area contributed by atoms with Crippen LogP contribution in [0.4, 0.5) is 0 Å². The molecule has 0 atom stereocenters. The van der Waals surface area contributed by atoms with Crippen LogP contribution in [0.2, 0.25) is 0 Å². The van der Waals surface area contributed by atoms with Gasteiger partial charge in [-0.25, -0.2) is 4.40 Å². The van der Waals surface area contributed by atoms with Gasteiger partial charge in [0.05, 0.1) is 0 Å². The fraction of sp³-hybridized carbons (Fsp3) is 0.111. The second-order valence-electron chi connectivity index (χ2n) is 3.16. The molecule has 0 aliphatic carbocycles. The normalized spacial score (nSPS) is 11.5. The monoisotopic (exact) mass is 189 g/mol. The van der Waals surface area contributed by atoms with E-state index in [1.807, 2.05) is 28.8 Å². The number of nitrogens with two attached hydrogens (primary N) is 1. The van der Waals surface area contributed by atoms with Gasteiger partial charge in [0.2, 0.25) is 0 Å². The highest BCUT2D eigenvalue weighted by atomic mass is 16.4. The molecule has 0 fully saturated rings. The standard InChI is InChI=1S/C9H9N4O/c1-6-13(10)8-9(14-6)12-5-3-2-4-7(12)11-8/h2-5H,10H2,1H3/q+1. The zero-order valence-corrected chi connectivity index (χ0v) is 7.64. The van der Waals surface area contributed by atoms with E-state index < -0.39 is 0 Å². The van der Waals surface area contributed by atoms with Crippen molar-refractivity contribution in [3.8, 4) is 0 Å². The van der Waals surface area contributed by atoms with E-state index in [1.54, 1.807) is 6.92 Å². The molecular formula is C9H9N4O+. The van der Waals surface area contributed by atoms with Crippen molar-refractivity contribution in [1.29, 1.82) is 0 Å². The van der Waals surface area contributed by atoms with Crippen LogP contribution in [0.25, 0.3) is 17.0 Å². The van der Waals surface area contributed by atoms with Crippen molar-refractivity contribution in [3.63, 3.8) is 0 Å². The first-order valence-electron chi connectivity index (χ1n) is 4.30. The maximum absolute atomic E-state index is 5.75. The summed E-state index contributed by atoms with van der Waals surface area (Å²) in [4.78, 5) is 4.34. The van der Waals surface area contributed by atoms with Crippen LogP contribution in [0.1, 0.15) is 5.89 Å². The Morgan fingerprint density at radius 2 is 2.36 bits per heavy atom. The molecule has 14 heavy (non-hydrogen) atoms. The van der Waals surface area contributed by atoms with E-state index in [0.717, 1.165) is 5.65 Å². The number of oxazole rings is 1. The summed E-state index contributed by atoms with van der Waals surface area (Å²) in [5.74, 6) is 6.39. The summed E-state index contributed by atoms with van der Waals surface area (Å²) >= 11 is 0. The zero-order chi connectivity index (χ0) is 9.71. The third kappa shape index (κ3) is 0.736. The van der Waals surface area contributed by atoms with Crippen LogP contribution in [0.5, 0.6) is 0 Å². The molecular weight excluding hydrogens is 180 g/mol. The first-order chi connectivity index (χ1) is 6.77. The van der Waals surface area contributed by atoms with Crippen molar-refractivity contribution in [1.82, 2.24) is 9.38 Å². The zero-order valence-electron chi connectivity index (χ0n) is 7.64. The Labute approximate surface area is 79.3 Å². The van der Waals surface area contributed by atoms with Gasteiger partial charge in [0.25, 0.3) is 11.5 Å². The van der Waals surface area contributed by atoms with E-state index in [2.05, 4.69) is 4.98 Å². The average molecular weight is 189 g/mol. The van der Waals surface area contributed by atoms with Crippen molar-refractivity contribution >= 4 is 17.0 Å². The van der Waals surface area contributed by atoms with Gasteiger partial charge < -0.3 is 4.42 Å². The number of aromatic nitrogens is 3. The third-order valence-electron chi connectivity index (χ3n) is 2.28. The molecule has 3 aromatic rings. The van der Waals surface area contributed by atoms with Gasteiger partial charge >= 0.3 is 11.4 Å². The molecule has 5 nitrogen and oxygen atoms in total. The van der Waals surface area contributed by atoms with Gasteiger partial charge in [0.1, 0.15) is 0 Å². The minimum atomic E-state index is 0.640. The quantitative estimate of drug-likeness (QED) is 0.411. The fourth-order valence-electron chi connectivity index (χ4n) is 1.55. The SMILES string of the molecule is Cc1oc2c(nc3ccccn32)[n+]1N. The fourth-order valence-corrected chi connectivity index (χ4v) is 1.55. The molecule has 0 aromatic carbocycles. The Kier molecular flexibility index (Phi) is 1.19. The Bertz CT molecular complexity index is 622. The van der Waals surface area contributed by atoms with Gasteiger partial charge in [-0.2, -0.15) is 0 Å². The molecule has 0 saturated carbocycles. The van der Waals surface area contributed by atoms with Crippen LogP contribution in [-0.2, 0) is 0 Å². The molecule has 3 aromatic heterocycles. The highest BCUT2D eigenvalue weighted by Crippen LogP contribution is 2.14. The lowest BCUT2D eigenvalue weighted by Crippen LogP contribution is -2.45. The van der Waals surface area contributed by atoms with Crippen LogP contribution in [0.3, 0.4) is 0 Å². The summed E-state index contributed by atoms with van der Waals surface area (Å²) in [6.07, 6.45) is 1.90. The Hall–Kier alpha value is -2.04. The van der Waals surface area contributed by atoms with E-state index in [0.29, 0.717) is 17.3 Å². The van der Waals surface area contributed by atoms with Crippen molar-refractivity contribution < 1.29 is 9.09 Å². The second kappa shape index (κ2) is 2.25. The number of nitrogen functional groups attached to an aromatic ring is 1. The van der Waals surface area contributed by atoms with E-state index in [9.17, 15) is 0 Å². The number of fused-ring (bicyclic) bond motifs is 3. The molecule has 0 spiro atoms. The first-order valence-corrected chi connectivity index (χ1v) is 4.30. The number of pyridine rings is 1. The molecule has 70 valence electrons. The Balaban J connectivity index is 2.60. The summed E-state index contributed by atoms with van der Waals surface area (Å²) in [6, 6.07) is 5.76. The predicted octanol–water partition coefficient (Wildman–Crippen LogP) is 0.390. The van der Waals surface area contributed by atoms with Crippen molar-refractivity contribution in [3.05, 3.63) is 30.3 Å². The van der Waals surface area contributed by atoms with E-state index in [4.69, 9.17) is 10.3 Å². The van der Waals surface area contributed by atoms with Crippen LogP contribution >= 0.6 is 0 Å².